The number of hydrogen-bond donors (Lipinski definition) is 1. The molecule has 1 aliphatic rings. The number of ether oxygens (including phenoxy) is 3. The predicted molar refractivity (Wildman–Crippen MR) is 142 cm³/mol. The zero-order valence-corrected chi connectivity index (χ0v) is 22.0. The molecular formula is C28H27N3O5S. The number of nitrogens with two attached hydrogens (primary N) is 1. The van der Waals surface area contributed by atoms with Gasteiger partial charge in [-0.1, -0.05) is 24.3 Å². The molecule has 0 bridgehead atoms. The monoisotopic (exact) mass is 517 g/mol. The van der Waals surface area contributed by atoms with Crippen molar-refractivity contribution >= 4 is 34.8 Å². The minimum atomic E-state index is -0.849. The van der Waals surface area contributed by atoms with Gasteiger partial charge in [-0.3, -0.25) is 9.36 Å². The summed E-state index contributed by atoms with van der Waals surface area (Å²) in [4.78, 5) is 27.0. The Labute approximate surface area is 218 Å². The molecule has 4 rings (SSSR count). The molecule has 0 radical (unpaired) electrons. The van der Waals surface area contributed by atoms with Gasteiger partial charge in [-0.2, -0.15) is 5.26 Å². The van der Waals surface area contributed by atoms with Crippen LogP contribution in [0.2, 0.25) is 0 Å². The normalized spacial score (nSPS) is 15.7. The number of fused-ring (bicyclic) bond motifs is 1. The van der Waals surface area contributed by atoms with Crippen molar-refractivity contribution in [3.05, 3.63) is 84.8 Å². The third-order valence-electron chi connectivity index (χ3n) is 5.71. The summed E-state index contributed by atoms with van der Waals surface area (Å²) in [7, 11) is 3.10. The average molecular weight is 518 g/mol. The lowest BCUT2D eigenvalue weighted by Gasteiger charge is -2.28. The summed E-state index contributed by atoms with van der Waals surface area (Å²) in [5, 5.41) is 10.3. The van der Waals surface area contributed by atoms with Crippen LogP contribution in [-0.2, 0) is 9.53 Å². The van der Waals surface area contributed by atoms with Crippen LogP contribution in [0.5, 0.6) is 11.5 Å². The maximum Gasteiger partial charge on any atom is 0.339 e. The Morgan fingerprint density at radius 3 is 2.38 bits per heavy atom. The third kappa shape index (κ3) is 5.01. The first-order valence-electron chi connectivity index (χ1n) is 11.5. The van der Waals surface area contributed by atoms with Gasteiger partial charge in [0, 0.05) is 0 Å². The van der Waals surface area contributed by atoms with Gasteiger partial charge >= 0.3 is 5.97 Å². The Morgan fingerprint density at radius 2 is 1.76 bits per heavy atom. The first kappa shape index (κ1) is 25.8. The van der Waals surface area contributed by atoms with Crippen molar-refractivity contribution in [3.8, 4) is 17.6 Å². The fraction of sp³-hybridized carbons (Fsp3) is 0.250. The molecule has 1 aromatic heterocycles. The molecule has 0 amide bonds. The van der Waals surface area contributed by atoms with Crippen molar-refractivity contribution in [2.45, 2.75) is 32.3 Å². The Bertz CT molecular complexity index is 1630. The molecule has 1 aliphatic heterocycles. The van der Waals surface area contributed by atoms with Crippen LogP contribution in [0.25, 0.3) is 17.5 Å². The van der Waals surface area contributed by atoms with Gasteiger partial charge in [0.1, 0.15) is 27.6 Å². The molecule has 9 heteroatoms. The maximum absolute atomic E-state index is 13.5. The van der Waals surface area contributed by atoms with Gasteiger partial charge in [-0.25, -0.2) is 4.79 Å². The van der Waals surface area contributed by atoms with Crippen LogP contribution < -0.4 is 30.0 Å². The van der Waals surface area contributed by atoms with E-state index in [0.717, 1.165) is 16.9 Å². The summed E-state index contributed by atoms with van der Waals surface area (Å²) in [5.41, 5.74) is 6.89. The summed E-state index contributed by atoms with van der Waals surface area (Å²) < 4.78 is 18.3. The van der Waals surface area contributed by atoms with E-state index in [0.29, 0.717) is 26.3 Å². The highest BCUT2D eigenvalue weighted by molar-refractivity contribution is 7.07. The number of esters is 1. The van der Waals surface area contributed by atoms with Gasteiger partial charge in [0.2, 0.25) is 0 Å². The molecule has 0 fully saturated rings. The van der Waals surface area contributed by atoms with Crippen molar-refractivity contribution in [3.63, 3.8) is 0 Å². The van der Waals surface area contributed by atoms with Crippen molar-refractivity contribution < 1.29 is 19.0 Å². The van der Waals surface area contributed by atoms with Crippen molar-refractivity contribution in [1.29, 1.82) is 5.26 Å². The number of thiazole rings is 1. The lowest BCUT2D eigenvalue weighted by molar-refractivity contribution is -0.150. The SMILES string of the molecule is COc1cccc(C=c2sc3n(c2=O)C(N)=C(C(=O)OC(C)(C)C)C(c2cccc(OC)c2)C=3C#N)c1. The van der Waals surface area contributed by atoms with Gasteiger partial charge in [0.25, 0.3) is 5.56 Å². The molecule has 0 aliphatic carbocycles. The minimum absolute atomic E-state index is 0.0278. The fourth-order valence-corrected chi connectivity index (χ4v) is 5.25. The second-order valence-corrected chi connectivity index (χ2v) is 10.4. The van der Waals surface area contributed by atoms with E-state index in [9.17, 15) is 14.9 Å². The number of nitrogens with zero attached hydrogens (tertiary/aromatic N) is 2. The molecule has 0 saturated carbocycles. The number of carbonyl (C=O) groups is 1. The van der Waals surface area contributed by atoms with Crippen LogP contribution in [-0.4, -0.2) is 30.4 Å². The van der Waals surface area contributed by atoms with E-state index in [1.165, 1.54) is 11.7 Å². The lowest BCUT2D eigenvalue weighted by Crippen LogP contribution is -2.41. The third-order valence-corrected chi connectivity index (χ3v) is 6.81. The number of aromatic nitrogens is 1. The van der Waals surface area contributed by atoms with E-state index in [4.69, 9.17) is 19.9 Å². The number of carbonyl (C=O) groups excluding carboxylic acids is 1. The van der Waals surface area contributed by atoms with E-state index in [1.807, 2.05) is 12.1 Å². The van der Waals surface area contributed by atoms with Crippen LogP contribution in [0, 0.1) is 11.3 Å². The first-order valence-corrected chi connectivity index (χ1v) is 12.3. The Kier molecular flexibility index (Phi) is 6.96. The molecule has 8 nitrogen and oxygen atoms in total. The summed E-state index contributed by atoms with van der Waals surface area (Å²) in [6.45, 7) is 5.22. The molecule has 2 N–H and O–H groups in total. The van der Waals surface area contributed by atoms with E-state index in [2.05, 4.69) is 6.07 Å². The molecule has 1 atom stereocenters. The standard InChI is InChI=1S/C28H27N3O5S/c1-28(2,3)36-27(33)23-22(17-9-7-11-19(14-17)35-5)20(15-29)26-31(24(23)30)25(32)21(37-26)13-16-8-6-10-18(12-16)34-4/h6-14,22H,30H2,1-5H3. The summed E-state index contributed by atoms with van der Waals surface area (Å²) in [6, 6.07) is 16.5. The number of benzene rings is 2. The predicted octanol–water partition coefficient (Wildman–Crippen LogP) is 2.70. The lowest BCUT2D eigenvalue weighted by atomic mass is 9.83. The Morgan fingerprint density at radius 1 is 1.11 bits per heavy atom. The van der Waals surface area contributed by atoms with Crippen LogP contribution >= 0.6 is 11.3 Å². The number of rotatable bonds is 5. The molecule has 3 aromatic rings. The summed E-state index contributed by atoms with van der Waals surface area (Å²) in [5.74, 6) is -0.421. The van der Waals surface area contributed by atoms with Crippen LogP contribution in [0.4, 0.5) is 0 Å². The average Bonchev–Trinajstić information content (AvgIpc) is 3.18. The van der Waals surface area contributed by atoms with Crippen molar-refractivity contribution in [1.82, 2.24) is 4.57 Å². The van der Waals surface area contributed by atoms with E-state index in [1.54, 1.807) is 70.4 Å². The summed E-state index contributed by atoms with van der Waals surface area (Å²) >= 11 is 1.14. The highest BCUT2D eigenvalue weighted by Gasteiger charge is 2.38. The van der Waals surface area contributed by atoms with Crippen LogP contribution in [0.3, 0.4) is 0 Å². The topological polar surface area (TPSA) is 117 Å². The number of methoxy groups -OCH3 is 2. The molecule has 1 unspecified atom stereocenters. The van der Waals surface area contributed by atoms with Crippen LogP contribution in [0.1, 0.15) is 37.8 Å². The Hall–Kier alpha value is -4.29. The molecule has 190 valence electrons. The molecular weight excluding hydrogens is 490 g/mol. The van der Waals surface area contributed by atoms with E-state index < -0.39 is 23.0 Å². The quantitative estimate of drug-likeness (QED) is 0.517. The Balaban J connectivity index is 2.05. The van der Waals surface area contributed by atoms with Gasteiger partial charge in [-0.05, 0) is 62.2 Å². The zero-order chi connectivity index (χ0) is 26.9. The largest absolute Gasteiger partial charge is 0.497 e. The molecule has 0 spiro atoms. The second kappa shape index (κ2) is 9.99. The minimum Gasteiger partial charge on any atom is -0.497 e. The van der Waals surface area contributed by atoms with Crippen LogP contribution in [0.15, 0.2) is 58.9 Å². The second-order valence-electron chi connectivity index (χ2n) is 9.37. The molecule has 0 saturated heterocycles. The maximum atomic E-state index is 13.5. The molecule has 2 aromatic carbocycles. The number of nitriles is 1. The van der Waals surface area contributed by atoms with Gasteiger partial charge in [0.15, 0.2) is 0 Å². The van der Waals surface area contributed by atoms with Crippen molar-refractivity contribution in [2.75, 3.05) is 14.2 Å². The smallest absolute Gasteiger partial charge is 0.339 e. The zero-order valence-electron chi connectivity index (χ0n) is 21.2. The fourth-order valence-electron chi connectivity index (χ4n) is 4.12. The van der Waals surface area contributed by atoms with E-state index >= 15 is 0 Å². The first-order chi connectivity index (χ1) is 17.6. The van der Waals surface area contributed by atoms with E-state index in [-0.39, 0.29) is 17.0 Å². The number of hydrogen-bond acceptors (Lipinski definition) is 8. The van der Waals surface area contributed by atoms with Crippen molar-refractivity contribution in [2.24, 2.45) is 5.73 Å². The molecule has 2 heterocycles. The highest BCUT2D eigenvalue weighted by Crippen LogP contribution is 2.38. The summed E-state index contributed by atoms with van der Waals surface area (Å²) in [6.07, 6.45) is 1.71. The van der Waals surface area contributed by atoms with Gasteiger partial charge in [-0.15, -0.1) is 11.3 Å². The van der Waals surface area contributed by atoms with Gasteiger partial charge < -0.3 is 19.9 Å². The molecule has 37 heavy (non-hydrogen) atoms. The van der Waals surface area contributed by atoms with Gasteiger partial charge in [0.05, 0.1) is 41.9 Å². The highest BCUT2D eigenvalue weighted by atomic mass is 32.1.